The smallest absolute Gasteiger partial charge is 0.119 e. The van der Waals surface area contributed by atoms with Gasteiger partial charge in [0.05, 0.1) is 17.9 Å². The summed E-state index contributed by atoms with van der Waals surface area (Å²) < 4.78 is 7.37. The minimum absolute atomic E-state index is 0.407. The molecule has 0 saturated heterocycles. The highest BCUT2D eigenvalue weighted by Crippen LogP contribution is 2.15. The average molecular weight is 267 g/mol. The zero-order valence-corrected chi connectivity index (χ0v) is 10.9. The Balaban J connectivity index is 1.88. The van der Waals surface area contributed by atoms with Crippen molar-refractivity contribution in [1.82, 2.24) is 15.0 Å². The quantitative estimate of drug-likeness (QED) is 0.896. The summed E-state index contributed by atoms with van der Waals surface area (Å²) in [6.07, 6.45) is 0. The Morgan fingerprint density at radius 3 is 2.67 bits per heavy atom. The lowest BCUT2D eigenvalue weighted by Gasteiger charge is -2.07. The molecule has 0 bridgehead atoms. The molecular weight excluding hydrogens is 252 g/mol. The van der Waals surface area contributed by atoms with Gasteiger partial charge < -0.3 is 10.5 Å². The van der Waals surface area contributed by atoms with E-state index < -0.39 is 0 Å². The molecule has 5 nitrogen and oxygen atoms in total. The Morgan fingerprint density at radius 1 is 1.33 bits per heavy atom. The van der Waals surface area contributed by atoms with Gasteiger partial charge in [0.2, 0.25) is 0 Å². The van der Waals surface area contributed by atoms with Crippen LogP contribution in [0.2, 0.25) is 5.02 Å². The Hall–Kier alpha value is -1.59. The van der Waals surface area contributed by atoms with Crippen molar-refractivity contribution in [3.05, 3.63) is 40.7 Å². The SMILES string of the molecule is Cc1c(CN)nnn1CCOc1ccc(Cl)cc1. The van der Waals surface area contributed by atoms with E-state index in [-0.39, 0.29) is 0 Å². The van der Waals surface area contributed by atoms with Crippen molar-refractivity contribution in [2.75, 3.05) is 6.61 Å². The zero-order chi connectivity index (χ0) is 13.0. The number of benzene rings is 1. The van der Waals surface area contributed by atoms with Gasteiger partial charge in [-0.05, 0) is 31.2 Å². The summed E-state index contributed by atoms with van der Waals surface area (Å²) in [4.78, 5) is 0. The molecule has 1 aromatic heterocycles. The monoisotopic (exact) mass is 266 g/mol. The first-order chi connectivity index (χ1) is 8.70. The zero-order valence-electron chi connectivity index (χ0n) is 10.1. The van der Waals surface area contributed by atoms with Crippen molar-refractivity contribution in [2.24, 2.45) is 5.73 Å². The fourth-order valence-corrected chi connectivity index (χ4v) is 1.70. The minimum Gasteiger partial charge on any atom is -0.492 e. The van der Waals surface area contributed by atoms with E-state index in [1.165, 1.54) is 0 Å². The molecular formula is C12H15ClN4O. The molecule has 2 aromatic rings. The van der Waals surface area contributed by atoms with Crippen molar-refractivity contribution in [1.29, 1.82) is 0 Å². The van der Waals surface area contributed by atoms with Gasteiger partial charge in [-0.15, -0.1) is 5.10 Å². The van der Waals surface area contributed by atoms with Crippen LogP contribution in [0.25, 0.3) is 0 Å². The summed E-state index contributed by atoms with van der Waals surface area (Å²) in [6.45, 7) is 3.52. The van der Waals surface area contributed by atoms with Gasteiger partial charge in [-0.25, -0.2) is 4.68 Å². The van der Waals surface area contributed by atoms with Crippen molar-refractivity contribution < 1.29 is 4.74 Å². The third-order valence-corrected chi connectivity index (χ3v) is 2.91. The van der Waals surface area contributed by atoms with Gasteiger partial charge in [0.25, 0.3) is 0 Å². The first-order valence-electron chi connectivity index (χ1n) is 5.68. The van der Waals surface area contributed by atoms with Crippen LogP contribution in [0.15, 0.2) is 24.3 Å². The van der Waals surface area contributed by atoms with Gasteiger partial charge >= 0.3 is 0 Å². The highest BCUT2D eigenvalue weighted by molar-refractivity contribution is 6.30. The molecule has 96 valence electrons. The topological polar surface area (TPSA) is 66.0 Å². The number of aromatic nitrogens is 3. The normalized spacial score (nSPS) is 10.6. The van der Waals surface area contributed by atoms with Gasteiger partial charge in [0.15, 0.2) is 0 Å². The van der Waals surface area contributed by atoms with Crippen molar-refractivity contribution in [3.8, 4) is 5.75 Å². The van der Waals surface area contributed by atoms with Gasteiger partial charge in [-0.2, -0.15) is 0 Å². The van der Waals surface area contributed by atoms with Crippen LogP contribution in [0.1, 0.15) is 11.4 Å². The van der Waals surface area contributed by atoms with Gasteiger partial charge in [-0.1, -0.05) is 16.8 Å². The Bertz CT molecular complexity index is 509. The Morgan fingerprint density at radius 2 is 2.06 bits per heavy atom. The summed E-state index contributed by atoms with van der Waals surface area (Å²) in [5.41, 5.74) is 7.34. The maximum atomic E-state index is 5.79. The summed E-state index contributed by atoms with van der Waals surface area (Å²) in [5.74, 6) is 0.788. The van der Waals surface area contributed by atoms with Crippen LogP contribution in [-0.2, 0) is 13.1 Å². The molecule has 0 radical (unpaired) electrons. The van der Waals surface area contributed by atoms with Crippen LogP contribution < -0.4 is 10.5 Å². The number of rotatable bonds is 5. The second kappa shape index (κ2) is 5.84. The molecule has 0 amide bonds. The fourth-order valence-electron chi connectivity index (χ4n) is 1.58. The first-order valence-corrected chi connectivity index (χ1v) is 6.06. The number of hydrogen-bond donors (Lipinski definition) is 1. The number of nitrogens with two attached hydrogens (primary N) is 1. The van der Waals surface area contributed by atoms with Crippen LogP contribution in [0.5, 0.6) is 5.75 Å². The molecule has 0 aliphatic heterocycles. The maximum Gasteiger partial charge on any atom is 0.119 e. The third-order valence-electron chi connectivity index (χ3n) is 2.66. The minimum atomic E-state index is 0.407. The molecule has 0 fully saturated rings. The highest BCUT2D eigenvalue weighted by Gasteiger charge is 2.06. The predicted molar refractivity (Wildman–Crippen MR) is 69.6 cm³/mol. The number of nitrogens with zero attached hydrogens (tertiary/aromatic N) is 3. The molecule has 0 unspecified atom stereocenters. The number of hydrogen-bond acceptors (Lipinski definition) is 4. The van der Waals surface area contributed by atoms with Crippen molar-refractivity contribution in [3.63, 3.8) is 0 Å². The van der Waals surface area contributed by atoms with E-state index in [1.807, 2.05) is 19.1 Å². The van der Waals surface area contributed by atoms with Crippen LogP contribution in [0.4, 0.5) is 0 Å². The molecule has 2 rings (SSSR count). The van der Waals surface area contributed by atoms with E-state index in [2.05, 4.69) is 10.3 Å². The lowest BCUT2D eigenvalue weighted by atomic mass is 10.3. The van der Waals surface area contributed by atoms with E-state index in [0.29, 0.717) is 24.7 Å². The average Bonchev–Trinajstić information content (AvgIpc) is 2.73. The molecule has 0 aliphatic carbocycles. The number of halogens is 1. The second-order valence-corrected chi connectivity index (χ2v) is 4.29. The Kier molecular flexibility index (Phi) is 4.17. The van der Waals surface area contributed by atoms with E-state index in [4.69, 9.17) is 22.1 Å². The number of ether oxygens (including phenoxy) is 1. The van der Waals surface area contributed by atoms with E-state index >= 15 is 0 Å². The third kappa shape index (κ3) is 3.00. The fraction of sp³-hybridized carbons (Fsp3) is 0.333. The molecule has 6 heteroatoms. The summed E-state index contributed by atoms with van der Waals surface area (Å²) in [5, 5.41) is 8.70. The van der Waals surface area contributed by atoms with Gasteiger partial charge in [0.1, 0.15) is 12.4 Å². The van der Waals surface area contributed by atoms with E-state index in [1.54, 1.807) is 16.8 Å². The lowest BCUT2D eigenvalue weighted by Crippen LogP contribution is -2.11. The van der Waals surface area contributed by atoms with Gasteiger partial charge in [0, 0.05) is 11.6 Å². The van der Waals surface area contributed by atoms with E-state index in [0.717, 1.165) is 17.1 Å². The molecule has 1 heterocycles. The lowest BCUT2D eigenvalue weighted by molar-refractivity contribution is 0.288. The van der Waals surface area contributed by atoms with Gasteiger partial charge in [-0.3, -0.25) is 0 Å². The van der Waals surface area contributed by atoms with Crippen LogP contribution in [-0.4, -0.2) is 21.6 Å². The molecule has 0 aliphatic rings. The highest BCUT2D eigenvalue weighted by atomic mass is 35.5. The molecule has 1 aromatic carbocycles. The molecule has 18 heavy (non-hydrogen) atoms. The first kappa shape index (κ1) is 12.9. The van der Waals surface area contributed by atoms with Crippen LogP contribution in [0.3, 0.4) is 0 Å². The van der Waals surface area contributed by atoms with Crippen molar-refractivity contribution in [2.45, 2.75) is 20.0 Å². The second-order valence-electron chi connectivity index (χ2n) is 3.85. The molecule has 0 spiro atoms. The standard InChI is InChI=1S/C12H15ClN4O/c1-9-12(8-14)15-16-17(9)6-7-18-11-4-2-10(13)3-5-11/h2-5H,6-8,14H2,1H3. The largest absolute Gasteiger partial charge is 0.492 e. The Labute approximate surface area is 111 Å². The molecule has 0 saturated carbocycles. The maximum absolute atomic E-state index is 5.79. The molecule has 2 N–H and O–H groups in total. The summed E-state index contributed by atoms with van der Waals surface area (Å²) >= 11 is 5.79. The molecule has 0 atom stereocenters. The van der Waals surface area contributed by atoms with Crippen LogP contribution in [0, 0.1) is 6.92 Å². The van der Waals surface area contributed by atoms with Crippen molar-refractivity contribution >= 4 is 11.6 Å². The summed E-state index contributed by atoms with van der Waals surface area (Å²) in [6, 6.07) is 7.26. The predicted octanol–water partition coefficient (Wildman–Crippen LogP) is 1.78. The summed E-state index contributed by atoms with van der Waals surface area (Å²) in [7, 11) is 0. The van der Waals surface area contributed by atoms with Crippen LogP contribution >= 0.6 is 11.6 Å². The van der Waals surface area contributed by atoms with E-state index in [9.17, 15) is 0 Å².